The maximum absolute atomic E-state index is 12.4. The van der Waals surface area contributed by atoms with E-state index >= 15 is 0 Å². The van der Waals surface area contributed by atoms with Crippen molar-refractivity contribution in [2.75, 3.05) is 26.2 Å². The molecule has 0 saturated carbocycles. The first kappa shape index (κ1) is 12.8. The van der Waals surface area contributed by atoms with Gasteiger partial charge in [-0.05, 0) is 31.8 Å². The van der Waals surface area contributed by atoms with Gasteiger partial charge >= 0.3 is 0 Å². The molecule has 2 unspecified atom stereocenters. The van der Waals surface area contributed by atoms with Crippen LogP contribution in [0.25, 0.3) is 0 Å². The van der Waals surface area contributed by atoms with E-state index in [1.165, 1.54) is 6.42 Å². The molecule has 2 aliphatic heterocycles. The highest BCUT2D eigenvalue weighted by molar-refractivity contribution is 5.79. The number of likely N-dealkylation sites (tertiary alicyclic amines) is 1. The van der Waals surface area contributed by atoms with Gasteiger partial charge in [-0.3, -0.25) is 4.79 Å². The van der Waals surface area contributed by atoms with Crippen molar-refractivity contribution < 1.29 is 9.90 Å². The van der Waals surface area contributed by atoms with Crippen LogP contribution >= 0.6 is 0 Å². The van der Waals surface area contributed by atoms with Crippen molar-refractivity contribution in [3.8, 4) is 0 Å². The summed E-state index contributed by atoms with van der Waals surface area (Å²) in [5, 5.41) is 12.6. The third-order valence-electron chi connectivity index (χ3n) is 4.28. The first-order valence-electron chi connectivity index (χ1n) is 6.86. The van der Waals surface area contributed by atoms with E-state index in [1.54, 1.807) is 0 Å². The molecule has 0 aliphatic carbocycles. The van der Waals surface area contributed by atoms with Gasteiger partial charge < -0.3 is 15.3 Å². The van der Waals surface area contributed by atoms with E-state index < -0.39 is 0 Å². The second kappa shape index (κ2) is 5.83. The lowest BCUT2D eigenvalue weighted by molar-refractivity contribution is -0.140. The van der Waals surface area contributed by atoms with E-state index in [0.29, 0.717) is 5.92 Å². The standard InChI is InChI=1S/C13H24N2O2/c1-10(11-7-14-8-11)13(17)15-6-4-2-3-5-12(15)9-16/h10-12,14,16H,2-9H2,1H3. The Morgan fingerprint density at radius 3 is 2.76 bits per heavy atom. The molecule has 2 aliphatic rings. The summed E-state index contributed by atoms with van der Waals surface area (Å²) in [5.74, 6) is 0.839. The molecule has 2 N–H and O–H groups in total. The van der Waals surface area contributed by atoms with Gasteiger partial charge in [-0.15, -0.1) is 0 Å². The fraction of sp³-hybridized carbons (Fsp3) is 0.923. The first-order chi connectivity index (χ1) is 8.24. The number of aliphatic hydroxyl groups is 1. The molecule has 0 radical (unpaired) electrons. The predicted octanol–water partition coefficient (Wildman–Crippen LogP) is 0.605. The Hall–Kier alpha value is -0.610. The van der Waals surface area contributed by atoms with Crippen LogP contribution in [0.2, 0.25) is 0 Å². The van der Waals surface area contributed by atoms with Crippen LogP contribution in [0.5, 0.6) is 0 Å². The summed E-state index contributed by atoms with van der Waals surface area (Å²) in [4.78, 5) is 14.4. The van der Waals surface area contributed by atoms with E-state index in [4.69, 9.17) is 0 Å². The topological polar surface area (TPSA) is 52.6 Å². The number of rotatable bonds is 3. The molecule has 4 heteroatoms. The molecule has 98 valence electrons. The maximum atomic E-state index is 12.4. The second-order valence-electron chi connectivity index (χ2n) is 5.42. The Kier molecular flexibility index (Phi) is 4.40. The molecule has 2 fully saturated rings. The summed E-state index contributed by atoms with van der Waals surface area (Å²) in [7, 11) is 0. The summed E-state index contributed by atoms with van der Waals surface area (Å²) in [5.41, 5.74) is 0. The van der Waals surface area contributed by atoms with Crippen LogP contribution in [0.4, 0.5) is 0 Å². The molecule has 0 spiro atoms. The number of nitrogens with zero attached hydrogens (tertiary/aromatic N) is 1. The van der Waals surface area contributed by atoms with Crippen molar-refractivity contribution in [2.45, 2.75) is 38.6 Å². The van der Waals surface area contributed by atoms with Crippen LogP contribution < -0.4 is 5.32 Å². The van der Waals surface area contributed by atoms with Crippen molar-refractivity contribution in [3.05, 3.63) is 0 Å². The zero-order chi connectivity index (χ0) is 12.3. The predicted molar refractivity (Wildman–Crippen MR) is 66.6 cm³/mol. The van der Waals surface area contributed by atoms with Gasteiger partial charge in [0.05, 0.1) is 12.6 Å². The Bertz CT molecular complexity index is 266. The van der Waals surface area contributed by atoms with Gasteiger partial charge in [-0.1, -0.05) is 19.8 Å². The summed E-state index contributed by atoms with van der Waals surface area (Å²) < 4.78 is 0. The molecule has 2 atom stereocenters. The number of carbonyl (C=O) groups is 1. The van der Waals surface area contributed by atoms with Crippen LogP contribution in [-0.4, -0.2) is 48.2 Å². The number of nitrogens with one attached hydrogen (secondary N) is 1. The molecule has 1 amide bonds. The van der Waals surface area contributed by atoms with Crippen molar-refractivity contribution in [1.29, 1.82) is 0 Å². The summed E-state index contributed by atoms with van der Waals surface area (Å²) in [6.07, 6.45) is 4.35. The number of aliphatic hydroxyl groups excluding tert-OH is 1. The van der Waals surface area contributed by atoms with Crippen LogP contribution in [0, 0.1) is 11.8 Å². The van der Waals surface area contributed by atoms with E-state index in [0.717, 1.165) is 38.9 Å². The molecule has 0 bridgehead atoms. The largest absolute Gasteiger partial charge is 0.394 e. The average Bonchev–Trinajstić information content (AvgIpc) is 2.50. The normalized spacial score (nSPS) is 28.4. The van der Waals surface area contributed by atoms with Gasteiger partial charge in [-0.25, -0.2) is 0 Å². The minimum atomic E-state index is 0.0560. The lowest BCUT2D eigenvalue weighted by Crippen LogP contribution is -2.52. The zero-order valence-corrected chi connectivity index (χ0v) is 10.7. The van der Waals surface area contributed by atoms with Gasteiger partial charge in [0.25, 0.3) is 0 Å². The molecule has 17 heavy (non-hydrogen) atoms. The van der Waals surface area contributed by atoms with Crippen molar-refractivity contribution in [2.24, 2.45) is 11.8 Å². The van der Waals surface area contributed by atoms with Crippen LogP contribution in [0.3, 0.4) is 0 Å². The maximum Gasteiger partial charge on any atom is 0.226 e. The van der Waals surface area contributed by atoms with Crippen LogP contribution in [0.1, 0.15) is 32.6 Å². The molecule has 2 saturated heterocycles. The zero-order valence-electron chi connectivity index (χ0n) is 10.7. The molecule has 0 aromatic carbocycles. The molecule has 2 rings (SSSR count). The fourth-order valence-corrected chi connectivity index (χ4v) is 2.79. The van der Waals surface area contributed by atoms with Crippen molar-refractivity contribution in [1.82, 2.24) is 10.2 Å². The van der Waals surface area contributed by atoms with E-state index in [1.807, 2.05) is 11.8 Å². The minimum absolute atomic E-state index is 0.0560. The van der Waals surface area contributed by atoms with E-state index in [-0.39, 0.29) is 24.5 Å². The number of hydrogen-bond donors (Lipinski definition) is 2. The van der Waals surface area contributed by atoms with Gasteiger partial charge in [0, 0.05) is 12.5 Å². The highest BCUT2D eigenvalue weighted by Gasteiger charge is 2.34. The van der Waals surface area contributed by atoms with Gasteiger partial charge in [0.1, 0.15) is 0 Å². The molecule has 4 nitrogen and oxygen atoms in total. The molecular formula is C13H24N2O2. The Balaban J connectivity index is 1.98. The lowest BCUT2D eigenvalue weighted by Gasteiger charge is -2.37. The highest BCUT2D eigenvalue weighted by atomic mass is 16.3. The van der Waals surface area contributed by atoms with Crippen molar-refractivity contribution in [3.63, 3.8) is 0 Å². The highest BCUT2D eigenvalue weighted by Crippen LogP contribution is 2.23. The first-order valence-corrected chi connectivity index (χ1v) is 6.86. The van der Waals surface area contributed by atoms with E-state index in [2.05, 4.69) is 5.32 Å². The third kappa shape index (κ3) is 2.80. The Labute approximate surface area is 103 Å². The van der Waals surface area contributed by atoms with E-state index in [9.17, 15) is 9.90 Å². The number of amides is 1. The monoisotopic (exact) mass is 240 g/mol. The second-order valence-corrected chi connectivity index (χ2v) is 5.42. The Morgan fingerprint density at radius 1 is 1.41 bits per heavy atom. The average molecular weight is 240 g/mol. The van der Waals surface area contributed by atoms with Gasteiger partial charge in [0.15, 0.2) is 0 Å². The Morgan fingerprint density at radius 2 is 2.18 bits per heavy atom. The summed E-state index contributed by atoms with van der Waals surface area (Å²) in [6, 6.07) is 0.0560. The molecular weight excluding hydrogens is 216 g/mol. The fourth-order valence-electron chi connectivity index (χ4n) is 2.79. The van der Waals surface area contributed by atoms with Crippen LogP contribution in [0.15, 0.2) is 0 Å². The third-order valence-corrected chi connectivity index (χ3v) is 4.28. The van der Waals surface area contributed by atoms with Gasteiger partial charge in [0.2, 0.25) is 5.91 Å². The van der Waals surface area contributed by atoms with Gasteiger partial charge in [-0.2, -0.15) is 0 Å². The summed E-state index contributed by atoms with van der Waals surface area (Å²) >= 11 is 0. The molecule has 0 aromatic rings. The smallest absolute Gasteiger partial charge is 0.226 e. The summed E-state index contributed by atoms with van der Waals surface area (Å²) in [6.45, 7) is 4.90. The SMILES string of the molecule is CC(C(=O)N1CCCCCC1CO)C1CNC1. The number of hydrogen-bond acceptors (Lipinski definition) is 3. The van der Waals surface area contributed by atoms with Crippen molar-refractivity contribution >= 4 is 5.91 Å². The molecule has 0 aromatic heterocycles. The minimum Gasteiger partial charge on any atom is -0.394 e. The number of carbonyl (C=O) groups excluding carboxylic acids is 1. The van der Waals surface area contributed by atoms with Crippen LogP contribution in [-0.2, 0) is 4.79 Å². The molecule has 2 heterocycles. The quantitative estimate of drug-likeness (QED) is 0.760. The lowest BCUT2D eigenvalue weighted by atomic mass is 9.87.